The van der Waals surface area contributed by atoms with Gasteiger partial charge in [-0.2, -0.15) is 0 Å². The Bertz CT molecular complexity index is 509. The summed E-state index contributed by atoms with van der Waals surface area (Å²) in [5, 5.41) is 10.6. The molecule has 1 aromatic heterocycles. The lowest BCUT2D eigenvalue weighted by molar-refractivity contribution is 0.350. The van der Waals surface area contributed by atoms with E-state index < -0.39 is 0 Å². The number of aromatic nitrogens is 1. The summed E-state index contributed by atoms with van der Waals surface area (Å²) < 4.78 is 1.09. The zero-order valence-corrected chi connectivity index (χ0v) is 10.7. The summed E-state index contributed by atoms with van der Waals surface area (Å²) in [6.45, 7) is -0.0956. The van der Waals surface area contributed by atoms with Crippen LogP contribution in [0, 0.1) is 11.8 Å². The van der Waals surface area contributed by atoms with Crippen molar-refractivity contribution in [3.8, 4) is 11.8 Å². The van der Waals surface area contributed by atoms with Crippen molar-refractivity contribution in [3.63, 3.8) is 0 Å². The molecule has 4 heteroatoms. The molecular weight excluding hydrogens is 250 g/mol. The van der Waals surface area contributed by atoms with Crippen molar-refractivity contribution in [2.75, 3.05) is 6.61 Å². The molecule has 0 aliphatic rings. The SMILES string of the molecule is OCC#Cc1ccc(CSc2nccs2)cc1. The van der Waals surface area contributed by atoms with Gasteiger partial charge in [-0.05, 0) is 17.7 Å². The minimum absolute atomic E-state index is 0.0956. The Hall–Kier alpha value is -1.28. The van der Waals surface area contributed by atoms with Gasteiger partial charge >= 0.3 is 0 Å². The van der Waals surface area contributed by atoms with E-state index >= 15 is 0 Å². The second kappa shape index (κ2) is 6.45. The number of nitrogens with zero attached hydrogens (tertiary/aromatic N) is 1. The van der Waals surface area contributed by atoms with E-state index in [9.17, 15) is 0 Å². The fourth-order valence-corrected chi connectivity index (χ4v) is 2.85. The number of benzene rings is 1. The number of hydrogen-bond donors (Lipinski definition) is 1. The predicted octanol–water partition coefficient (Wildman–Crippen LogP) is 2.78. The molecule has 0 aliphatic carbocycles. The molecule has 0 saturated heterocycles. The Morgan fingerprint density at radius 3 is 2.76 bits per heavy atom. The molecule has 0 unspecified atom stereocenters. The predicted molar refractivity (Wildman–Crippen MR) is 72.1 cm³/mol. The van der Waals surface area contributed by atoms with E-state index in [-0.39, 0.29) is 6.61 Å². The van der Waals surface area contributed by atoms with E-state index in [1.807, 2.05) is 23.7 Å². The highest BCUT2D eigenvalue weighted by molar-refractivity contribution is 8.00. The zero-order valence-electron chi connectivity index (χ0n) is 9.09. The average molecular weight is 261 g/mol. The lowest BCUT2D eigenvalue weighted by Crippen LogP contribution is -1.82. The van der Waals surface area contributed by atoms with Crippen LogP contribution in [0.3, 0.4) is 0 Å². The van der Waals surface area contributed by atoms with Crippen LogP contribution in [-0.4, -0.2) is 16.7 Å². The molecule has 0 amide bonds. The lowest BCUT2D eigenvalue weighted by Gasteiger charge is -1.99. The molecule has 0 spiro atoms. The summed E-state index contributed by atoms with van der Waals surface area (Å²) in [5.74, 6) is 6.42. The summed E-state index contributed by atoms with van der Waals surface area (Å²) >= 11 is 3.39. The van der Waals surface area contributed by atoms with E-state index in [0.717, 1.165) is 15.7 Å². The quantitative estimate of drug-likeness (QED) is 0.681. The third kappa shape index (κ3) is 3.90. The summed E-state index contributed by atoms with van der Waals surface area (Å²) in [6, 6.07) is 8.06. The molecule has 0 bridgehead atoms. The summed E-state index contributed by atoms with van der Waals surface area (Å²) in [5.41, 5.74) is 2.18. The Morgan fingerprint density at radius 1 is 1.29 bits per heavy atom. The maximum Gasteiger partial charge on any atom is 0.150 e. The van der Waals surface area contributed by atoms with Gasteiger partial charge in [-0.25, -0.2) is 4.98 Å². The third-order valence-electron chi connectivity index (χ3n) is 2.04. The summed E-state index contributed by atoms with van der Waals surface area (Å²) in [7, 11) is 0. The van der Waals surface area contributed by atoms with Gasteiger partial charge in [0.2, 0.25) is 0 Å². The zero-order chi connectivity index (χ0) is 11.9. The van der Waals surface area contributed by atoms with Crippen LogP contribution < -0.4 is 0 Å². The highest BCUT2D eigenvalue weighted by atomic mass is 32.2. The molecule has 1 aromatic carbocycles. The Labute approximate surface area is 109 Å². The molecule has 1 heterocycles. The van der Waals surface area contributed by atoms with Crippen LogP contribution >= 0.6 is 23.1 Å². The number of aliphatic hydroxyl groups excluding tert-OH is 1. The fourth-order valence-electron chi connectivity index (χ4n) is 1.25. The number of rotatable bonds is 3. The van der Waals surface area contributed by atoms with Gasteiger partial charge in [-0.3, -0.25) is 0 Å². The molecule has 0 atom stereocenters. The van der Waals surface area contributed by atoms with Gasteiger partial charge in [0.05, 0.1) is 0 Å². The topological polar surface area (TPSA) is 33.1 Å². The number of aliphatic hydroxyl groups is 1. The monoisotopic (exact) mass is 261 g/mol. The summed E-state index contributed by atoms with van der Waals surface area (Å²) in [4.78, 5) is 4.22. The van der Waals surface area contributed by atoms with Crippen LogP contribution in [0.5, 0.6) is 0 Å². The summed E-state index contributed by atoms with van der Waals surface area (Å²) in [6.07, 6.45) is 1.82. The molecule has 17 heavy (non-hydrogen) atoms. The van der Waals surface area contributed by atoms with Crippen LogP contribution in [-0.2, 0) is 5.75 Å². The van der Waals surface area contributed by atoms with Crippen LogP contribution in [0.2, 0.25) is 0 Å². The van der Waals surface area contributed by atoms with Gasteiger partial charge in [0, 0.05) is 22.9 Å². The van der Waals surface area contributed by atoms with E-state index in [1.165, 1.54) is 5.56 Å². The number of thiazole rings is 1. The standard InChI is InChI=1S/C13H11NOS2/c15-8-1-2-11-3-5-12(6-4-11)10-17-13-14-7-9-16-13/h3-7,9,15H,8,10H2. The van der Waals surface area contributed by atoms with Crippen molar-refractivity contribution < 1.29 is 5.11 Å². The van der Waals surface area contributed by atoms with Gasteiger partial charge in [0.25, 0.3) is 0 Å². The molecule has 1 N–H and O–H groups in total. The van der Waals surface area contributed by atoms with Crippen molar-refractivity contribution in [3.05, 3.63) is 47.0 Å². The molecule has 0 aliphatic heterocycles. The first-order valence-electron chi connectivity index (χ1n) is 5.09. The van der Waals surface area contributed by atoms with Gasteiger partial charge in [0.1, 0.15) is 10.9 Å². The Morgan fingerprint density at radius 2 is 2.12 bits per heavy atom. The van der Waals surface area contributed by atoms with E-state index in [4.69, 9.17) is 5.11 Å². The van der Waals surface area contributed by atoms with Crippen molar-refractivity contribution in [2.24, 2.45) is 0 Å². The second-order valence-electron chi connectivity index (χ2n) is 3.24. The maximum atomic E-state index is 8.59. The average Bonchev–Trinajstić information content (AvgIpc) is 2.88. The molecule has 2 nitrogen and oxygen atoms in total. The van der Waals surface area contributed by atoms with Gasteiger partial charge in [-0.1, -0.05) is 35.7 Å². The molecule has 0 radical (unpaired) electrons. The molecule has 0 saturated carbocycles. The number of thioether (sulfide) groups is 1. The van der Waals surface area contributed by atoms with Crippen molar-refractivity contribution in [2.45, 2.75) is 10.1 Å². The third-order valence-corrected chi connectivity index (χ3v) is 4.07. The largest absolute Gasteiger partial charge is 0.384 e. The van der Waals surface area contributed by atoms with Crippen molar-refractivity contribution in [1.29, 1.82) is 0 Å². The minimum atomic E-state index is -0.0956. The van der Waals surface area contributed by atoms with E-state index in [0.29, 0.717) is 0 Å². The van der Waals surface area contributed by atoms with Crippen LogP contribution in [0.15, 0.2) is 40.2 Å². The second-order valence-corrected chi connectivity index (χ2v) is 5.36. The van der Waals surface area contributed by atoms with Gasteiger partial charge in [0.15, 0.2) is 0 Å². The van der Waals surface area contributed by atoms with Crippen molar-refractivity contribution in [1.82, 2.24) is 4.98 Å². The van der Waals surface area contributed by atoms with Crippen LogP contribution in [0.4, 0.5) is 0 Å². The Balaban J connectivity index is 1.94. The smallest absolute Gasteiger partial charge is 0.150 e. The minimum Gasteiger partial charge on any atom is -0.384 e. The fraction of sp³-hybridized carbons (Fsp3) is 0.154. The maximum absolute atomic E-state index is 8.59. The van der Waals surface area contributed by atoms with Gasteiger partial charge < -0.3 is 5.11 Å². The molecule has 2 rings (SSSR count). The van der Waals surface area contributed by atoms with Crippen LogP contribution in [0.25, 0.3) is 0 Å². The lowest BCUT2D eigenvalue weighted by atomic mass is 10.1. The normalized spacial score (nSPS) is 9.71. The highest BCUT2D eigenvalue weighted by Gasteiger charge is 1.98. The first kappa shape index (κ1) is 12.2. The molecular formula is C13H11NOS2. The van der Waals surface area contributed by atoms with E-state index in [2.05, 4.69) is 29.0 Å². The van der Waals surface area contributed by atoms with Gasteiger partial charge in [-0.15, -0.1) is 11.3 Å². The molecule has 0 fully saturated rings. The molecule has 86 valence electrons. The van der Waals surface area contributed by atoms with Crippen molar-refractivity contribution >= 4 is 23.1 Å². The number of hydrogen-bond acceptors (Lipinski definition) is 4. The van der Waals surface area contributed by atoms with E-state index in [1.54, 1.807) is 23.1 Å². The van der Waals surface area contributed by atoms with Crippen LogP contribution in [0.1, 0.15) is 11.1 Å². The molecule has 2 aromatic rings. The highest BCUT2D eigenvalue weighted by Crippen LogP contribution is 2.24. The first-order chi connectivity index (χ1) is 8.38. The first-order valence-corrected chi connectivity index (χ1v) is 6.96. The Kier molecular flexibility index (Phi) is 4.63.